The van der Waals surface area contributed by atoms with Crippen molar-refractivity contribution in [1.82, 2.24) is 10.2 Å². The van der Waals surface area contributed by atoms with Gasteiger partial charge in [-0.25, -0.2) is 8.42 Å². The SMILES string of the molecule is CCCCNC(=O)C(C)N(Cc1ccc(Cl)cc1)C(=O)CN(c1ccccc1)S(C)(=O)=O. The van der Waals surface area contributed by atoms with Crippen molar-refractivity contribution >= 4 is 39.1 Å². The molecule has 1 atom stereocenters. The summed E-state index contributed by atoms with van der Waals surface area (Å²) in [5.41, 5.74) is 1.16. The molecule has 9 heteroatoms. The van der Waals surface area contributed by atoms with Gasteiger partial charge >= 0.3 is 0 Å². The highest BCUT2D eigenvalue weighted by Crippen LogP contribution is 2.19. The van der Waals surface area contributed by atoms with Crippen molar-refractivity contribution in [2.75, 3.05) is 23.7 Å². The molecule has 0 saturated carbocycles. The van der Waals surface area contributed by atoms with Gasteiger partial charge in [0.05, 0.1) is 11.9 Å². The first-order chi connectivity index (χ1) is 15.1. The molecule has 0 aromatic heterocycles. The van der Waals surface area contributed by atoms with Crippen molar-refractivity contribution in [2.45, 2.75) is 39.3 Å². The summed E-state index contributed by atoms with van der Waals surface area (Å²) in [4.78, 5) is 27.4. The molecule has 0 spiro atoms. The Kier molecular flexibility index (Phi) is 9.53. The highest BCUT2D eigenvalue weighted by atomic mass is 35.5. The van der Waals surface area contributed by atoms with E-state index in [-0.39, 0.29) is 12.5 Å². The van der Waals surface area contributed by atoms with Gasteiger partial charge in [-0.15, -0.1) is 0 Å². The van der Waals surface area contributed by atoms with E-state index in [1.165, 1.54) is 4.90 Å². The van der Waals surface area contributed by atoms with Crippen LogP contribution in [-0.2, 0) is 26.2 Å². The summed E-state index contributed by atoms with van der Waals surface area (Å²) in [5, 5.41) is 3.40. The molecule has 0 fully saturated rings. The molecule has 1 N–H and O–H groups in total. The minimum atomic E-state index is -3.72. The number of carbonyl (C=O) groups excluding carboxylic acids is 2. The Labute approximate surface area is 195 Å². The zero-order valence-electron chi connectivity index (χ0n) is 18.6. The molecule has 0 aliphatic carbocycles. The van der Waals surface area contributed by atoms with Crippen LogP contribution in [0.2, 0.25) is 5.02 Å². The molecular weight excluding hydrogens is 450 g/mol. The summed E-state index contributed by atoms with van der Waals surface area (Å²) >= 11 is 5.96. The van der Waals surface area contributed by atoms with E-state index in [0.717, 1.165) is 29.0 Å². The summed E-state index contributed by atoms with van der Waals surface area (Å²) in [7, 11) is -3.72. The average molecular weight is 480 g/mol. The second-order valence-electron chi connectivity index (χ2n) is 7.57. The van der Waals surface area contributed by atoms with E-state index >= 15 is 0 Å². The number of para-hydroxylation sites is 1. The minimum Gasteiger partial charge on any atom is -0.354 e. The molecule has 0 radical (unpaired) electrons. The molecule has 0 bridgehead atoms. The summed E-state index contributed by atoms with van der Waals surface area (Å²) in [6, 6.07) is 14.6. The van der Waals surface area contributed by atoms with Crippen molar-refractivity contribution in [1.29, 1.82) is 0 Å². The maximum Gasteiger partial charge on any atom is 0.244 e. The van der Waals surface area contributed by atoms with E-state index in [1.807, 2.05) is 6.92 Å². The van der Waals surface area contributed by atoms with E-state index in [1.54, 1.807) is 61.5 Å². The van der Waals surface area contributed by atoms with Gasteiger partial charge in [0.2, 0.25) is 21.8 Å². The van der Waals surface area contributed by atoms with Gasteiger partial charge in [0.25, 0.3) is 0 Å². The molecule has 1 unspecified atom stereocenters. The summed E-state index contributed by atoms with van der Waals surface area (Å²) in [6.45, 7) is 3.91. The van der Waals surface area contributed by atoms with Gasteiger partial charge in [0.1, 0.15) is 12.6 Å². The van der Waals surface area contributed by atoms with Crippen molar-refractivity contribution < 1.29 is 18.0 Å². The van der Waals surface area contributed by atoms with Crippen LogP contribution in [0.5, 0.6) is 0 Å². The first kappa shape index (κ1) is 25.7. The van der Waals surface area contributed by atoms with Gasteiger partial charge in [0.15, 0.2) is 0 Å². The van der Waals surface area contributed by atoms with Crippen molar-refractivity contribution in [3.8, 4) is 0 Å². The number of nitrogens with one attached hydrogen (secondary N) is 1. The van der Waals surface area contributed by atoms with Gasteiger partial charge < -0.3 is 10.2 Å². The first-order valence-electron chi connectivity index (χ1n) is 10.5. The number of unbranched alkanes of at least 4 members (excludes halogenated alkanes) is 1. The third-order valence-corrected chi connectivity index (χ3v) is 6.38. The Morgan fingerprint density at radius 2 is 1.69 bits per heavy atom. The number of rotatable bonds is 11. The number of amides is 2. The predicted molar refractivity (Wildman–Crippen MR) is 128 cm³/mol. The zero-order valence-corrected chi connectivity index (χ0v) is 20.2. The minimum absolute atomic E-state index is 0.144. The van der Waals surface area contributed by atoms with E-state index < -0.39 is 28.5 Å². The quantitative estimate of drug-likeness (QED) is 0.500. The van der Waals surface area contributed by atoms with Gasteiger partial charge in [-0.2, -0.15) is 0 Å². The fourth-order valence-electron chi connectivity index (χ4n) is 3.11. The number of carbonyl (C=O) groups is 2. The van der Waals surface area contributed by atoms with Crippen molar-refractivity contribution in [3.63, 3.8) is 0 Å². The van der Waals surface area contributed by atoms with Gasteiger partial charge in [-0.3, -0.25) is 13.9 Å². The summed E-state index contributed by atoms with van der Waals surface area (Å²) < 4.78 is 25.9. The van der Waals surface area contributed by atoms with E-state index in [9.17, 15) is 18.0 Å². The number of halogens is 1. The van der Waals surface area contributed by atoms with Crippen LogP contribution in [0, 0.1) is 0 Å². The highest BCUT2D eigenvalue weighted by molar-refractivity contribution is 7.92. The van der Waals surface area contributed by atoms with Gasteiger partial charge in [0, 0.05) is 18.1 Å². The predicted octanol–water partition coefficient (Wildman–Crippen LogP) is 3.44. The lowest BCUT2D eigenvalue weighted by molar-refractivity contribution is -0.139. The van der Waals surface area contributed by atoms with Crippen LogP contribution in [-0.4, -0.2) is 50.5 Å². The number of nitrogens with zero attached hydrogens (tertiary/aromatic N) is 2. The molecule has 0 heterocycles. The monoisotopic (exact) mass is 479 g/mol. The fourth-order valence-corrected chi connectivity index (χ4v) is 4.09. The second kappa shape index (κ2) is 11.9. The van der Waals surface area contributed by atoms with E-state index in [2.05, 4.69) is 5.32 Å². The lowest BCUT2D eigenvalue weighted by Gasteiger charge is -2.31. The van der Waals surface area contributed by atoms with Gasteiger partial charge in [-0.05, 0) is 43.2 Å². The third kappa shape index (κ3) is 7.53. The molecule has 7 nitrogen and oxygen atoms in total. The molecule has 0 aliphatic heterocycles. The fraction of sp³-hybridized carbons (Fsp3) is 0.391. The number of anilines is 1. The first-order valence-corrected chi connectivity index (χ1v) is 12.7. The second-order valence-corrected chi connectivity index (χ2v) is 9.92. The molecule has 2 aromatic carbocycles. The molecule has 0 saturated heterocycles. The summed E-state index contributed by atoms with van der Waals surface area (Å²) in [5.74, 6) is -0.765. The lowest BCUT2D eigenvalue weighted by atomic mass is 10.1. The Morgan fingerprint density at radius 1 is 1.06 bits per heavy atom. The third-order valence-electron chi connectivity index (χ3n) is 4.99. The van der Waals surface area contributed by atoms with Crippen LogP contribution >= 0.6 is 11.6 Å². The van der Waals surface area contributed by atoms with Gasteiger partial charge in [-0.1, -0.05) is 55.3 Å². The van der Waals surface area contributed by atoms with Crippen LogP contribution in [0.3, 0.4) is 0 Å². The topological polar surface area (TPSA) is 86.8 Å². The number of benzene rings is 2. The highest BCUT2D eigenvalue weighted by Gasteiger charge is 2.29. The van der Waals surface area contributed by atoms with Crippen LogP contribution in [0.4, 0.5) is 5.69 Å². The number of hydrogen-bond donors (Lipinski definition) is 1. The average Bonchev–Trinajstić information content (AvgIpc) is 2.76. The van der Waals surface area contributed by atoms with Crippen LogP contribution in [0.1, 0.15) is 32.3 Å². The van der Waals surface area contributed by atoms with Crippen LogP contribution in [0.25, 0.3) is 0 Å². The Balaban J connectivity index is 2.30. The Bertz CT molecular complexity index is 998. The zero-order chi connectivity index (χ0) is 23.7. The largest absolute Gasteiger partial charge is 0.354 e. The maximum atomic E-state index is 13.3. The molecule has 174 valence electrons. The Hall–Kier alpha value is -2.58. The molecule has 32 heavy (non-hydrogen) atoms. The lowest BCUT2D eigenvalue weighted by Crippen LogP contribution is -2.51. The molecular formula is C23H30ClN3O4S. The molecule has 2 aromatic rings. The standard InChI is InChI=1S/C23H30ClN3O4S/c1-4-5-15-25-23(29)18(2)26(16-19-11-13-20(24)14-12-19)22(28)17-27(32(3,30)31)21-9-7-6-8-10-21/h6-14,18H,4-5,15-17H2,1-3H3,(H,25,29). The smallest absolute Gasteiger partial charge is 0.244 e. The normalized spacial score (nSPS) is 12.1. The van der Waals surface area contributed by atoms with Crippen molar-refractivity contribution in [3.05, 3.63) is 65.2 Å². The van der Waals surface area contributed by atoms with E-state index in [0.29, 0.717) is 17.3 Å². The summed E-state index contributed by atoms with van der Waals surface area (Å²) in [6.07, 6.45) is 2.82. The molecule has 0 aliphatic rings. The van der Waals surface area contributed by atoms with Crippen LogP contribution < -0.4 is 9.62 Å². The maximum absolute atomic E-state index is 13.3. The van der Waals surface area contributed by atoms with Crippen LogP contribution in [0.15, 0.2) is 54.6 Å². The molecule has 2 amide bonds. The van der Waals surface area contributed by atoms with E-state index in [4.69, 9.17) is 11.6 Å². The number of sulfonamides is 1. The van der Waals surface area contributed by atoms with Crippen molar-refractivity contribution in [2.24, 2.45) is 0 Å². The Morgan fingerprint density at radius 3 is 2.25 bits per heavy atom. The molecule has 2 rings (SSSR count). The number of hydrogen-bond acceptors (Lipinski definition) is 4.